The first kappa shape index (κ1) is 11.2. The number of para-hydroxylation sites is 1. The minimum Gasteiger partial charge on any atom is -0.397 e. The van der Waals surface area contributed by atoms with Gasteiger partial charge in [0.05, 0.1) is 37.3 Å². The van der Waals surface area contributed by atoms with E-state index in [9.17, 15) is 0 Å². The van der Waals surface area contributed by atoms with Crippen LogP contribution in [-0.2, 0) is 9.47 Å². The van der Waals surface area contributed by atoms with Crippen LogP contribution in [0.5, 0.6) is 0 Å². The van der Waals surface area contributed by atoms with Gasteiger partial charge in [-0.1, -0.05) is 12.1 Å². The second kappa shape index (κ2) is 5.18. The highest BCUT2D eigenvalue weighted by molar-refractivity contribution is 5.69. The minimum atomic E-state index is 0.118. The third kappa shape index (κ3) is 2.65. The topological polar surface area (TPSA) is 56.5 Å². The monoisotopic (exact) mass is 222 g/mol. The van der Waals surface area contributed by atoms with Gasteiger partial charge >= 0.3 is 0 Å². The molecule has 3 N–H and O–H groups in total. The number of nitrogens with two attached hydrogens (primary N) is 1. The standard InChI is InChI=1S/C12H18N2O2/c1-9-3-2-4-11(13)12(9)14-7-10-8-15-5-6-16-10/h2-4,10,14H,5-8,13H2,1H3. The molecule has 4 nitrogen and oxygen atoms in total. The highest BCUT2D eigenvalue weighted by Crippen LogP contribution is 2.22. The van der Waals surface area contributed by atoms with Crippen LogP contribution >= 0.6 is 0 Å². The Morgan fingerprint density at radius 3 is 3.00 bits per heavy atom. The van der Waals surface area contributed by atoms with Crippen LogP contribution in [0.2, 0.25) is 0 Å². The van der Waals surface area contributed by atoms with Crippen molar-refractivity contribution in [2.45, 2.75) is 13.0 Å². The van der Waals surface area contributed by atoms with Gasteiger partial charge in [0, 0.05) is 6.54 Å². The van der Waals surface area contributed by atoms with Crippen LogP contribution in [0, 0.1) is 6.92 Å². The van der Waals surface area contributed by atoms with E-state index in [0.29, 0.717) is 19.8 Å². The molecule has 1 atom stereocenters. The van der Waals surface area contributed by atoms with Crippen molar-refractivity contribution in [2.75, 3.05) is 37.4 Å². The third-order valence-corrected chi connectivity index (χ3v) is 2.70. The molecule has 0 bridgehead atoms. The number of rotatable bonds is 3. The van der Waals surface area contributed by atoms with Crippen molar-refractivity contribution in [2.24, 2.45) is 0 Å². The third-order valence-electron chi connectivity index (χ3n) is 2.70. The molecule has 1 aromatic carbocycles. The lowest BCUT2D eigenvalue weighted by Gasteiger charge is -2.24. The minimum absolute atomic E-state index is 0.118. The molecule has 0 saturated carbocycles. The lowest BCUT2D eigenvalue weighted by Crippen LogP contribution is -2.34. The van der Waals surface area contributed by atoms with E-state index in [1.54, 1.807) is 0 Å². The molecule has 1 fully saturated rings. The summed E-state index contributed by atoms with van der Waals surface area (Å²) in [7, 11) is 0. The maximum Gasteiger partial charge on any atom is 0.0981 e. The maximum atomic E-state index is 5.90. The Hall–Kier alpha value is -1.26. The first-order valence-corrected chi connectivity index (χ1v) is 5.55. The van der Waals surface area contributed by atoms with Gasteiger partial charge in [0.2, 0.25) is 0 Å². The Labute approximate surface area is 95.7 Å². The fraction of sp³-hybridized carbons (Fsp3) is 0.500. The fourth-order valence-corrected chi connectivity index (χ4v) is 1.80. The van der Waals surface area contributed by atoms with Gasteiger partial charge in [-0.25, -0.2) is 0 Å². The first-order valence-electron chi connectivity index (χ1n) is 5.55. The second-order valence-electron chi connectivity index (χ2n) is 3.99. The van der Waals surface area contributed by atoms with Gasteiger partial charge in [-0.2, -0.15) is 0 Å². The Kier molecular flexibility index (Phi) is 3.64. The Morgan fingerprint density at radius 1 is 1.44 bits per heavy atom. The average Bonchev–Trinajstić information content (AvgIpc) is 2.30. The van der Waals surface area contributed by atoms with E-state index < -0.39 is 0 Å². The molecule has 0 amide bonds. The highest BCUT2D eigenvalue weighted by Gasteiger charge is 2.14. The molecule has 1 heterocycles. The van der Waals surface area contributed by atoms with E-state index in [1.165, 1.54) is 0 Å². The number of hydrogen-bond acceptors (Lipinski definition) is 4. The molecular formula is C12H18N2O2. The van der Waals surface area contributed by atoms with Crippen LogP contribution in [0.25, 0.3) is 0 Å². The quantitative estimate of drug-likeness (QED) is 0.759. The highest BCUT2D eigenvalue weighted by atomic mass is 16.6. The molecule has 0 aromatic heterocycles. The molecular weight excluding hydrogens is 204 g/mol. The number of ether oxygens (including phenoxy) is 2. The van der Waals surface area contributed by atoms with Crippen LogP contribution in [0.3, 0.4) is 0 Å². The van der Waals surface area contributed by atoms with Crippen molar-refractivity contribution in [3.8, 4) is 0 Å². The smallest absolute Gasteiger partial charge is 0.0981 e. The molecule has 2 rings (SSSR count). The molecule has 0 radical (unpaired) electrons. The van der Waals surface area contributed by atoms with E-state index in [1.807, 2.05) is 25.1 Å². The van der Waals surface area contributed by atoms with Gasteiger partial charge in [-0.15, -0.1) is 0 Å². The van der Waals surface area contributed by atoms with E-state index in [4.69, 9.17) is 15.2 Å². The van der Waals surface area contributed by atoms with Crippen molar-refractivity contribution in [3.05, 3.63) is 23.8 Å². The van der Waals surface area contributed by atoms with Gasteiger partial charge in [0.15, 0.2) is 0 Å². The van der Waals surface area contributed by atoms with Crippen molar-refractivity contribution in [1.29, 1.82) is 0 Å². The predicted molar refractivity (Wildman–Crippen MR) is 64.6 cm³/mol. The number of hydrogen-bond donors (Lipinski definition) is 2. The van der Waals surface area contributed by atoms with E-state index >= 15 is 0 Å². The number of nitrogens with one attached hydrogen (secondary N) is 1. The van der Waals surface area contributed by atoms with Crippen LogP contribution in [0.1, 0.15) is 5.56 Å². The number of aryl methyl sites for hydroxylation is 1. The van der Waals surface area contributed by atoms with Gasteiger partial charge in [-0.3, -0.25) is 0 Å². The summed E-state index contributed by atoms with van der Waals surface area (Å²) in [6.07, 6.45) is 0.118. The van der Waals surface area contributed by atoms with Crippen molar-refractivity contribution < 1.29 is 9.47 Å². The molecule has 0 aliphatic carbocycles. The number of anilines is 2. The summed E-state index contributed by atoms with van der Waals surface area (Å²) in [5.41, 5.74) is 8.82. The summed E-state index contributed by atoms with van der Waals surface area (Å²) in [6, 6.07) is 5.89. The largest absolute Gasteiger partial charge is 0.397 e. The zero-order valence-electron chi connectivity index (χ0n) is 9.53. The second-order valence-corrected chi connectivity index (χ2v) is 3.99. The predicted octanol–water partition coefficient (Wildman–Crippen LogP) is 1.40. The van der Waals surface area contributed by atoms with Crippen LogP contribution < -0.4 is 11.1 Å². The molecule has 0 spiro atoms. The normalized spacial score (nSPS) is 20.7. The zero-order valence-corrected chi connectivity index (χ0v) is 9.53. The Balaban J connectivity index is 1.93. The van der Waals surface area contributed by atoms with Crippen LogP contribution in [0.4, 0.5) is 11.4 Å². The number of nitrogen functional groups attached to an aromatic ring is 1. The molecule has 1 saturated heterocycles. The summed E-state index contributed by atoms with van der Waals surface area (Å²) >= 11 is 0. The summed E-state index contributed by atoms with van der Waals surface area (Å²) < 4.78 is 10.9. The van der Waals surface area contributed by atoms with Crippen molar-refractivity contribution in [1.82, 2.24) is 0 Å². The van der Waals surface area contributed by atoms with Gasteiger partial charge in [0.25, 0.3) is 0 Å². The lowest BCUT2D eigenvalue weighted by molar-refractivity contribution is -0.0818. The van der Waals surface area contributed by atoms with Crippen molar-refractivity contribution >= 4 is 11.4 Å². The fourth-order valence-electron chi connectivity index (χ4n) is 1.80. The molecule has 1 aromatic rings. The zero-order chi connectivity index (χ0) is 11.4. The van der Waals surface area contributed by atoms with Crippen molar-refractivity contribution in [3.63, 3.8) is 0 Å². The van der Waals surface area contributed by atoms with Gasteiger partial charge in [-0.05, 0) is 18.6 Å². The SMILES string of the molecule is Cc1cccc(N)c1NCC1COCCO1. The van der Waals surface area contributed by atoms with Gasteiger partial charge in [0.1, 0.15) is 0 Å². The first-order chi connectivity index (χ1) is 7.77. The average molecular weight is 222 g/mol. The molecule has 1 unspecified atom stereocenters. The number of benzene rings is 1. The summed E-state index contributed by atoms with van der Waals surface area (Å²) in [5.74, 6) is 0. The van der Waals surface area contributed by atoms with E-state index in [2.05, 4.69) is 5.32 Å². The Bertz CT molecular complexity index is 329. The molecule has 1 aliphatic heterocycles. The Morgan fingerprint density at radius 2 is 2.31 bits per heavy atom. The lowest BCUT2D eigenvalue weighted by atomic mass is 10.1. The molecule has 88 valence electrons. The summed E-state index contributed by atoms with van der Waals surface area (Å²) in [5, 5.41) is 3.32. The summed E-state index contributed by atoms with van der Waals surface area (Å²) in [4.78, 5) is 0. The van der Waals surface area contributed by atoms with Gasteiger partial charge < -0.3 is 20.5 Å². The van der Waals surface area contributed by atoms with E-state index in [0.717, 1.165) is 23.5 Å². The van der Waals surface area contributed by atoms with Crippen LogP contribution in [-0.4, -0.2) is 32.5 Å². The summed E-state index contributed by atoms with van der Waals surface area (Å²) in [6.45, 7) is 4.80. The molecule has 16 heavy (non-hydrogen) atoms. The van der Waals surface area contributed by atoms with Crippen LogP contribution in [0.15, 0.2) is 18.2 Å². The molecule has 4 heteroatoms. The molecule has 1 aliphatic rings. The van der Waals surface area contributed by atoms with E-state index in [-0.39, 0.29) is 6.10 Å². The maximum absolute atomic E-state index is 5.90.